The number of nitro benzene ring substituents is 1. The highest BCUT2D eigenvalue weighted by Gasteiger charge is 2.20. The van der Waals surface area contributed by atoms with Crippen LogP contribution in [-0.4, -0.2) is 27.9 Å². The maximum atomic E-state index is 12.1. The van der Waals surface area contributed by atoms with Gasteiger partial charge in [-0.3, -0.25) is 19.7 Å². The molecule has 2 rings (SSSR count). The van der Waals surface area contributed by atoms with E-state index in [4.69, 9.17) is 4.74 Å². The van der Waals surface area contributed by atoms with Crippen molar-refractivity contribution in [3.8, 4) is 11.5 Å². The molecule has 0 aliphatic carbocycles. The number of H-pyrrole nitrogens is 1. The number of phenolic OH excluding ortho intramolecular Hbond substituents is 1. The first-order chi connectivity index (χ1) is 12.0. The smallest absolute Gasteiger partial charge is 0.315 e. The maximum Gasteiger partial charge on any atom is 0.315 e. The number of hydrogen-bond acceptors (Lipinski definition) is 7. The Bertz CT molecular complexity index is 1040. The molecule has 0 saturated carbocycles. The third kappa shape index (κ3) is 4.17. The maximum absolute atomic E-state index is 12.1. The first-order valence-electron chi connectivity index (χ1n) is 7.55. The number of methoxy groups -OCH3 is 1. The number of nitrogens with one attached hydrogen (secondary N) is 1. The van der Waals surface area contributed by atoms with Crippen LogP contribution in [0.3, 0.4) is 0 Å². The monoisotopic (exact) mass is 378 g/mol. The number of Topliss-reactive ketones (excluding diaryl/α,β-unsaturated/α-hetero) is 1. The molecule has 1 aromatic carbocycles. The van der Waals surface area contributed by atoms with Gasteiger partial charge in [0.1, 0.15) is 0 Å². The highest BCUT2D eigenvalue weighted by atomic mass is 32.1. The van der Waals surface area contributed by atoms with Crippen LogP contribution in [0, 0.1) is 15.5 Å². The van der Waals surface area contributed by atoms with E-state index in [9.17, 15) is 24.8 Å². The molecule has 0 bridgehead atoms. The first-order valence-corrected chi connectivity index (χ1v) is 8.37. The third-order valence-electron chi connectivity index (χ3n) is 3.47. The van der Waals surface area contributed by atoms with Crippen molar-refractivity contribution in [3.05, 3.63) is 47.4 Å². The Balaban J connectivity index is 2.60. The zero-order valence-corrected chi connectivity index (χ0v) is 15.5. The molecule has 0 amide bonds. The van der Waals surface area contributed by atoms with Gasteiger partial charge in [-0.05, 0) is 17.7 Å². The summed E-state index contributed by atoms with van der Waals surface area (Å²) in [6.45, 7) is 5.31. The van der Waals surface area contributed by atoms with Gasteiger partial charge in [0.05, 0.1) is 21.2 Å². The number of aromatic hydroxyl groups is 1. The van der Waals surface area contributed by atoms with Crippen LogP contribution in [0.5, 0.6) is 11.5 Å². The molecule has 1 heterocycles. The molecule has 0 aliphatic rings. The number of thiazole rings is 1. The zero-order valence-electron chi connectivity index (χ0n) is 14.7. The number of nitrogens with zero attached hydrogens (tertiary/aromatic N) is 1. The van der Waals surface area contributed by atoms with E-state index in [2.05, 4.69) is 4.98 Å². The van der Waals surface area contributed by atoms with E-state index in [-0.39, 0.29) is 16.1 Å². The number of phenols is 1. The number of carbonyl (C=O) groups excluding carboxylic acids is 1. The van der Waals surface area contributed by atoms with E-state index < -0.39 is 27.3 Å². The van der Waals surface area contributed by atoms with E-state index in [0.717, 1.165) is 17.4 Å². The summed E-state index contributed by atoms with van der Waals surface area (Å²) in [6, 6.07) is 2.52. The van der Waals surface area contributed by atoms with Crippen molar-refractivity contribution in [2.24, 2.45) is 5.41 Å². The minimum atomic E-state index is -0.741. The Morgan fingerprint density at radius 3 is 2.58 bits per heavy atom. The first kappa shape index (κ1) is 19.4. The quantitative estimate of drug-likeness (QED) is 0.610. The second-order valence-corrected chi connectivity index (χ2v) is 7.62. The van der Waals surface area contributed by atoms with Crippen molar-refractivity contribution in [2.45, 2.75) is 20.8 Å². The van der Waals surface area contributed by atoms with Gasteiger partial charge in [-0.1, -0.05) is 20.8 Å². The lowest BCUT2D eigenvalue weighted by Crippen LogP contribution is -2.22. The molecule has 1 aromatic heterocycles. The summed E-state index contributed by atoms with van der Waals surface area (Å²) in [5.74, 6) is -0.795. The van der Waals surface area contributed by atoms with Crippen LogP contribution in [0.2, 0.25) is 0 Å². The number of rotatable bonds is 4. The predicted molar refractivity (Wildman–Crippen MR) is 98.0 cm³/mol. The van der Waals surface area contributed by atoms with Crippen LogP contribution < -0.4 is 19.5 Å². The molecule has 26 heavy (non-hydrogen) atoms. The van der Waals surface area contributed by atoms with E-state index >= 15 is 0 Å². The van der Waals surface area contributed by atoms with E-state index in [1.165, 1.54) is 25.3 Å². The summed E-state index contributed by atoms with van der Waals surface area (Å²) in [6.07, 6.45) is 2.79. The van der Waals surface area contributed by atoms with Crippen LogP contribution in [0.4, 0.5) is 5.69 Å². The van der Waals surface area contributed by atoms with Gasteiger partial charge in [0.15, 0.2) is 11.5 Å². The van der Waals surface area contributed by atoms with Crippen molar-refractivity contribution in [3.63, 3.8) is 0 Å². The fourth-order valence-electron chi connectivity index (χ4n) is 2.00. The number of hydrogen-bond donors (Lipinski definition) is 2. The number of aromatic nitrogens is 1. The molecule has 0 fully saturated rings. The van der Waals surface area contributed by atoms with Gasteiger partial charge >= 0.3 is 5.69 Å². The van der Waals surface area contributed by atoms with Crippen molar-refractivity contribution in [2.75, 3.05) is 7.11 Å². The minimum absolute atomic E-state index is 0.0758. The zero-order chi connectivity index (χ0) is 19.6. The number of aromatic amines is 1. The van der Waals surface area contributed by atoms with E-state index in [0.29, 0.717) is 10.2 Å². The molecular weight excluding hydrogens is 360 g/mol. The molecule has 0 unspecified atom stereocenters. The van der Waals surface area contributed by atoms with E-state index in [1.807, 2.05) is 0 Å². The molecule has 0 atom stereocenters. The number of ether oxygens (including phenoxy) is 1. The highest BCUT2D eigenvalue weighted by Crippen LogP contribution is 2.36. The number of benzene rings is 1. The molecule has 0 saturated heterocycles. The number of ketones is 1. The van der Waals surface area contributed by atoms with Crippen molar-refractivity contribution < 1.29 is 19.6 Å². The lowest BCUT2D eigenvalue weighted by molar-refractivity contribution is -0.386. The lowest BCUT2D eigenvalue weighted by Gasteiger charge is -2.12. The summed E-state index contributed by atoms with van der Waals surface area (Å²) in [7, 11) is 1.27. The molecule has 8 nitrogen and oxygen atoms in total. The summed E-state index contributed by atoms with van der Waals surface area (Å²) in [5.41, 5.74) is -1.21. The number of nitro groups is 1. The van der Waals surface area contributed by atoms with Gasteiger partial charge < -0.3 is 14.8 Å². The molecule has 0 radical (unpaired) electrons. The minimum Gasteiger partial charge on any atom is -0.500 e. The average Bonchev–Trinajstić information content (AvgIpc) is 2.87. The summed E-state index contributed by atoms with van der Waals surface area (Å²) in [4.78, 5) is 37.0. The van der Waals surface area contributed by atoms with Crippen LogP contribution in [0.15, 0.2) is 16.9 Å². The summed E-state index contributed by atoms with van der Waals surface area (Å²) in [5, 5.41) is 20.8. The molecule has 2 N–H and O–H groups in total. The van der Waals surface area contributed by atoms with Gasteiger partial charge in [0.2, 0.25) is 5.75 Å². The normalized spacial score (nSPS) is 13.1. The Morgan fingerprint density at radius 2 is 2.04 bits per heavy atom. The molecule has 9 heteroatoms. The Kier molecular flexibility index (Phi) is 5.31. The molecule has 2 aromatic rings. The van der Waals surface area contributed by atoms with Gasteiger partial charge in [0, 0.05) is 17.6 Å². The van der Waals surface area contributed by atoms with Crippen LogP contribution in [0.1, 0.15) is 26.3 Å². The molecule has 0 aliphatic heterocycles. The van der Waals surface area contributed by atoms with Crippen LogP contribution >= 0.6 is 11.3 Å². The fourth-order valence-corrected chi connectivity index (χ4v) is 2.89. The Morgan fingerprint density at radius 1 is 1.38 bits per heavy atom. The fraction of sp³-hybridized carbons (Fsp3) is 0.294. The molecule has 138 valence electrons. The number of carbonyl (C=O) groups is 1. The van der Waals surface area contributed by atoms with Crippen molar-refractivity contribution in [1.82, 2.24) is 4.98 Å². The molecular formula is C17H18N2O6S. The average molecular weight is 378 g/mol. The third-order valence-corrected chi connectivity index (χ3v) is 4.44. The summed E-state index contributed by atoms with van der Waals surface area (Å²) < 4.78 is 5.59. The predicted octanol–water partition coefficient (Wildman–Crippen LogP) is 1.28. The van der Waals surface area contributed by atoms with Gasteiger partial charge in [-0.2, -0.15) is 0 Å². The second-order valence-electron chi connectivity index (χ2n) is 6.54. The van der Waals surface area contributed by atoms with Crippen molar-refractivity contribution >= 4 is 35.0 Å². The summed E-state index contributed by atoms with van der Waals surface area (Å²) >= 11 is 1.06. The molecule has 0 spiro atoms. The SMILES string of the molecule is COc1cc(C=c2sc(=CC(=O)C(C)(C)C)[nH]c2=O)cc([N+](=O)[O-])c1O. The standard InChI is InChI=1S/C17H18N2O6S/c1-17(2,3)13(20)8-14-18-16(22)12(26-14)7-9-5-10(19(23)24)15(21)11(6-9)25-4/h5-8,21H,1-4H3,(H,18,22). The topological polar surface area (TPSA) is 123 Å². The van der Waals surface area contributed by atoms with Gasteiger partial charge in [0.25, 0.3) is 5.56 Å². The van der Waals surface area contributed by atoms with Crippen LogP contribution in [0.25, 0.3) is 12.2 Å². The largest absolute Gasteiger partial charge is 0.500 e. The van der Waals surface area contributed by atoms with E-state index in [1.54, 1.807) is 20.8 Å². The Hall–Kier alpha value is -2.94. The lowest BCUT2D eigenvalue weighted by atomic mass is 9.91. The van der Waals surface area contributed by atoms with Crippen molar-refractivity contribution in [1.29, 1.82) is 0 Å². The second kappa shape index (κ2) is 7.12. The van der Waals surface area contributed by atoms with Crippen LogP contribution in [-0.2, 0) is 4.79 Å². The highest BCUT2D eigenvalue weighted by molar-refractivity contribution is 7.07. The van der Waals surface area contributed by atoms with Gasteiger partial charge in [-0.15, -0.1) is 11.3 Å². The Labute approximate surface area is 152 Å². The van der Waals surface area contributed by atoms with Gasteiger partial charge in [-0.25, -0.2) is 0 Å².